The van der Waals surface area contributed by atoms with Gasteiger partial charge in [-0.3, -0.25) is 4.79 Å². The Bertz CT molecular complexity index is 375. The third kappa shape index (κ3) is 3.18. The number of nitrogens with one attached hydrogen (secondary N) is 1. The fourth-order valence-corrected chi connectivity index (χ4v) is 2.05. The lowest BCUT2D eigenvalue weighted by Crippen LogP contribution is -2.38. The standard InChI is InChI=1S/C10H18N4OS/c1-6-8(5-12-7(2)9(11)15)16-10(13-6)14(3)4/h7,12H,5H2,1-4H3,(H2,11,15). The molecule has 1 heterocycles. The van der Waals surface area contributed by atoms with Crippen molar-refractivity contribution in [2.24, 2.45) is 5.73 Å². The Hall–Kier alpha value is -1.14. The zero-order valence-electron chi connectivity index (χ0n) is 10.1. The van der Waals surface area contributed by atoms with Gasteiger partial charge in [-0.25, -0.2) is 4.98 Å². The molecule has 1 atom stereocenters. The van der Waals surface area contributed by atoms with Crippen molar-refractivity contribution in [3.05, 3.63) is 10.6 Å². The van der Waals surface area contributed by atoms with E-state index in [1.807, 2.05) is 25.9 Å². The van der Waals surface area contributed by atoms with Crippen LogP contribution in [0, 0.1) is 6.92 Å². The van der Waals surface area contributed by atoms with Crippen LogP contribution in [0.4, 0.5) is 5.13 Å². The summed E-state index contributed by atoms with van der Waals surface area (Å²) in [7, 11) is 3.92. The van der Waals surface area contributed by atoms with Crippen molar-refractivity contribution in [3.8, 4) is 0 Å². The first-order chi connectivity index (χ1) is 7.41. The third-order valence-electron chi connectivity index (χ3n) is 2.26. The lowest BCUT2D eigenvalue weighted by molar-refractivity contribution is -0.119. The first kappa shape index (κ1) is 12.9. The number of primary amides is 1. The lowest BCUT2D eigenvalue weighted by Gasteiger charge is -2.08. The van der Waals surface area contributed by atoms with Crippen LogP contribution < -0.4 is 16.0 Å². The first-order valence-electron chi connectivity index (χ1n) is 5.08. The van der Waals surface area contributed by atoms with E-state index in [2.05, 4.69) is 10.3 Å². The number of aryl methyl sites for hydroxylation is 1. The molecule has 16 heavy (non-hydrogen) atoms. The van der Waals surface area contributed by atoms with E-state index in [1.165, 1.54) is 0 Å². The van der Waals surface area contributed by atoms with E-state index in [9.17, 15) is 4.79 Å². The summed E-state index contributed by atoms with van der Waals surface area (Å²) in [4.78, 5) is 18.4. The molecule has 90 valence electrons. The van der Waals surface area contributed by atoms with E-state index < -0.39 is 0 Å². The van der Waals surface area contributed by atoms with Crippen molar-refractivity contribution < 1.29 is 4.79 Å². The maximum atomic E-state index is 10.9. The quantitative estimate of drug-likeness (QED) is 0.788. The number of amides is 1. The van der Waals surface area contributed by atoms with E-state index in [0.717, 1.165) is 15.7 Å². The molecule has 0 radical (unpaired) electrons. The van der Waals surface area contributed by atoms with Crippen LogP contribution in [0.3, 0.4) is 0 Å². The number of nitrogens with two attached hydrogens (primary N) is 1. The molecule has 5 nitrogen and oxygen atoms in total. The summed E-state index contributed by atoms with van der Waals surface area (Å²) >= 11 is 1.62. The molecule has 3 N–H and O–H groups in total. The smallest absolute Gasteiger partial charge is 0.234 e. The Balaban J connectivity index is 2.64. The van der Waals surface area contributed by atoms with Crippen molar-refractivity contribution in [2.75, 3.05) is 19.0 Å². The SMILES string of the molecule is Cc1nc(N(C)C)sc1CNC(C)C(N)=O. The highest BCUT2D eigenvalue weighted by atomic mass is 32.1. The molecular formula is C10H18N4OS. The third-order valence-corrected chi connectivity index (χ3v) is 3.58. The van der Waals surface area contributed by atoms with E-state index in [-0.39, 0.29) is 11.9 Å². The predicted molar refractivity (Wildman–Crippen MR) is 66.7 cm³/mol. The molecule has 0 aliphatic rings. The minimum absolute atomic E-state index is 0.315. The average molecular weight is 242 g/mol. The van der Waals surface area contributed by atoms with E-state index >= 15 is 0 Å². The normalized spacial score (nSPS) is 12.5. The molecule has 0 aliphatic heterocycles. The molecule has 1 amide bonds. The van der Waals surface area contributed by atoms with Gasteiger partial charge in [-0.05, 0) is 13.8 Å². The molecule has 0 saturated carbocycles. The molecule has 0 bridgehead atoms. The van der Waals surface area contributed by atoms with Gasteiger partial charge in [0.1, 0.15) is 0 Å². The van der Waals surface area contributed by atoms with Crippen molar-refractivity contribution in [2.45, 2.75) is 26.4 Å². The second kappa shape index (κ2) is 5.27. The van der Waals surface area contributed by atoms with Crippen LogP contribution in [0.15, 0.2) is 0 Å². The molecule has 1 aromatic rings. The van der Waals surface area contributed by atoms with Gasteiger partial charge in [0.25, 0.3) is 0 Å². The summed E-state index contributed by atoms with van der Waals surface area (Å²) in [6.45, 7) is 4.35. The van der Waals surface area contributed by atoms with Gasteiger partial charge >= 0.3 is 0 Å². The largest absolute Gasteiger partial charge is 0.368 e. The van der Waals surface area contributed by atoms with Gasteiger partial charge in [-0.1, -0.05) is 0 Å². The summed E-state index contributed by atoms with van der Waals surface area (Å²) in [5.41, 5.74) is 6.17. The topological polar surface area (TPSA) is 71.2 Å². The molecule has 1 aromatic heterocycles. The van der Waals surface area contributed by atoms with E-state index in [4.69, 9.17) is 5.73 Å². The first-order valence-corrected chi connectivity index (χ1v) is 5.89. The highest BCUT2D eigenvalue weighted by Gasteiger charge is 2.12. The molecular weight excluding hydrogens is 224 g/mol. The molecule has 0 saturated heterocycles. The zero-order chi connectivity index (χ0) is 12.3. The van der Waals surface area contributed by atoms with Crippen molar-refractivity contribution in [1.82, 2.24) is 10.3 Å². The number of aromatic nitrogens is 1. The fraction of sp³-hybridized carbons (Fsp3) is 0.600. The monoisotopic (exact) mass is 242 g/mol. The lowest BCUT2D eigenvalue weighted by atomic mass is 10.3. The molecule has 0 fully saturated rings. The van der Waals surface area contributed by atoms with Gasteiger partial charge in [0.05, 0.1) is 11.7 Å². The highest BCUT2D eigenvalue weighted by Crippen LogP contribution is 2.24. The Morgan fingerprint density at radius 2 is 2.25 bits per heavy atom. The van der Waals surface area contributed by atoms with Gasteiger partial charge in [-0.15, -0.1) is 11.3 Å². The summed E-state index contributed by atoms with van der Waals surface area (Å²) in [6.07, 6.45) is 0. The summed E-state index contributed by atoms with van der Waals surface area (Å²) in [6, 6.07) is -0.315. The van der Waals surface area contributed by atoms with Crippen LogP contribution in [0.25, 0.3) is 0 Å². The molecule has 0 spiro atoms. The number of carbonyl (C=O) groups excluding carboxylic acids is 1. The Labute approximate surface area is 99.7 Å². The van der Waals surface area contributed by atoms with Crippen molar-refractivity contribution >= 4 is 22.4 Å². The minimum Gasteiger partial charge on any atom is -0.368 e. The summed E-state index contributed by atoms with van der Waals surface area (Å²) < 4.78 is 0. The number of carbonyl (C=O) groups is 1. The van der Waals surface area contributed by atoms with Gasteiger partial charge < -0.3 is 16.0 Å². The van der Waals surface area contributed by atoms with E-state index in [1.54, 1.807) is 18.3 Å². The van der Waals surface area contributed by atoms with Crippen LogP contribution in [-0.2, 0) is 11.3 Å². The summed E-state index contributed by atoms with van der Waals surface area (Å²) in [5.74, 6) is -0.338. The average Bonchev–Trinajstić information content (AvgIpc) is 2.56. The molecule has 1 rings (SSSR count). The van der Waals surface area contributed by atoms with Crippen LogP contribution in [0.1, 0.15) is 17.5 Å². The summed E-state index contributed by atoms with van der Waals surface area (Å²) in [5, 5.41) is 4.04. The molecule has 0 aromatic carbocycles. The number of hydrogen-bond acceptors (Lipinski definition) is 5. The second-order valence-corrected chi connectivity index (χ2v) is 4.97. The number of thiazole rings is 1. The van der Waals surface area contributed by atoms with Gasteiger partial charge in [0.2, 0.25) is 5.91 Å². The van der Waals surface area contributed by atoms with Crippen LogP contribution in [0.2, 0.25) is 0 Å². The predicted octanol–water partition coefficient (Wildman–Crippen LogP) is 0.481. The minimum atomic E-state index is -0.338. The van der Waals surface area contributed by atoms with Crippen LogP contribution in [0.5, 0.6) is 0 Å². The Morgan fingerprint density at radius 1 is 1.62 bits per heavy atom. The maximum absolute atomic E-state index is 10.9. The Morgan fingerprint density at radius 3 is 2.69 bits per heavy atom. The number of hydrogen-bond donors (Lipinski definition) is 2. The number of rotatable bonds is 5. The van der Waals surface area contributed by atoms with Gasteiger partial charge in [-0.2, -0.15) is 0 Å². The highest BCUT2D eigenvalue weighted by molar-refractivity contribution is 7.15. The fourth-order valence-electron chi connectivity index (χ4n) is 1.11. The zero-order valence-corrected chi connectivity index (χ0v) is 10.9. The molecule has 0 aliphatic carbocycles. The molecule has 6 heteroatoms. The molecule has 1 unspecified atom stereocenters. The Kier molecular flexibility index (Phi) is 4.26. The van der Waals surface area contributed by atoms with Crippen molar-refractivity contribution in [1.29, 1.82) is 0 Å². The van der Waals surface area contributed by atoms with Crippen LogP contribution in [-0.4, -0.2) is 31.0 Å². The van der Waals surface area contributed by atoms with Crippen LogP contribution >= 0.6 is 11.3 Å². The van der Waals surface area contributed by atoms with Gasteiger partial charge in [0, 0.05) is 25.5 Å². The number of nitrogens with zero attached hydrogens (tertiary/aromatic N) is 2. The van der Waals surface area contributed by atoms with Gasteiger partial charge in [0.15, 0.2) is 5.13 Å². The van der Waals surface area contributed by atoms with E-state index in [0.29, 0.717) is 6.54 Å². The number of anilines is 1. The second-order valence-electron chi connectivity index (χ2n) is 3.90. The van der Waals surface area contributed by atoms with Crippen molar-refractivity contribution in [3.63, 3.8) is 0 Å². The maximum Gasteiger partial charge on any atom is 0.234 e.